The fraction of sp³-hybridized carbons (Fsp3) is 0.440. The minimum Gasteiger partial charge on any atom is -0.338 e. The average molecular weight is 570 g/mol. The van der Waals surface area contributed by atoms with Crippen LogP contribution in [-0.4, -0.2) is 54.2 Å². The number of ketones is 1. The molecule has 0 N–H and O–H groups in total. The summed E-state index contributed by atoms with van der Waals surface area (Å²) in [6.45, 7) is 3.18. The van der Waals surface area contributed by atoms with E-state index in [1.807, 2.05) is 22.6 Å². The van der Waals surface area contributed by atoms with Crippen molar-refractivity contribution in [3.8, 4) is 0 Å². The molecule has 1 amide bonds. The molecule has 4 nitrogen and oxygen atoms in total. The van der Waals surface area contributed by atoms with Crippen LogP contribution in [-0.2, 0) is 11.2 Å². The van der Waals surface area contributed by atoms with E-state index in [-0.39, 0.29) is 34.8 Å². The van der Waals surface area contributed by atoms with Crippen molar-refractivity contribution in [1.29, 1.82) is 0 Å². The predicted molar refractivity (Wildman–Crippen MR) is 128 cm³/mol. The molecule has 0 atom stereocenters. The number of halogens is 4. The third kappa shape index (κ3) is 5.77. The predicted octanol–water partition coefficient (Wildman–Crippen LogP) is 4.82. The summed E-state index contributed by atoms with van der Waals surface area (Å²) in [5.41, 5.74) is 0.0773. The fourth-order valence-electron chi connectivity index (χ4n) is 4.61. The van der Waals surface area contributed by atoms with Crippen molar-refractivity contribution in [2.24, 2.45) is 5.92 Å². The van der Waals surface area contributed by atoms with Crippen LogP contribution in [0.25, 0.3) is 0 Å². The summed E-state index contributed by atoms with van der Waals surface area (Å²) >= 11 is 1.97. The maximum atomic E-state index is 14.7. The first-order valence-corrected chi connectivity index (χ1v) is 12.3. The molecular formula is C25H26F3IN2O2. The normalized spacial score (nSPS) is 17.2. The minimum absolute atomic E-state index is 0.0324. The van der Waals surface area contributed by atoms with Gasteiger partial charge in [-0.05, 0) is 78.4 Å². The van der Waals surface area contributed by atoms with Crippen molar-refractivity contribution in [1.82, 2.24) is 9.80 Å². The van der Waals surface area contributed by atoms with Crippen LogP contribution in [0, 0.1) is 26.9 Å². The SMILES string of the molecule is O=C(CC1CN(C(=O)c2ccc(F)c(F)c2Cc2ccc(I)cc2F)C1)CN1CCCCC1. The average Bonchev–Trinajstić information content (AvgIpc) is 2.76. The van der Waals surface area contributed by atoms with Crippen molar-refractivity contribution in [2.45, 2.75) is 32.1 Å². The van der Waals surface area contributed by atoms with E-state index in [1.54, 1.807) is 11.0 Å². The van der Waals surface area contributed by atoms with Gasteiger partial charge in [0.05, 0.1) is 6.54 Å². The van der Waals surface area contributed by atoms with Gasteiger partial charge in [0.15, 0.2) is 11.6 Å². The van der Waals surface area contributed by atoms with Crippen molar-refractivity contribution in [3.05, 3.63) is 68.0 Å². The highest BCUT2D eigenvalue weighted by atomic mass is 127. The number of rotatable bonds is 7. The van der Waals surface area contributed by atoms with Crippen LogP contribution >= 0.6 is 22.6 Å². The number of piperidine rings is 1. The highest BCUT2D eigenvalue weighted by molar-refractivity contribution is 14.1. The summed E-state index contributed by atoms with van der Waals surface area (Å²) in [6, 6.07) is 6.70. The van der Waals surface area contributed by atoms with Crippen molar-refractivity contribution in [3.63, 3.8) is 0 Å². The summed E-state index contributed by atoms with van der Waals surface area (Å²) in [5.74, 6) is -2.90. The lowest BCUT2D eigenvalue weighted by atomic mass is 9.91. The molecule has 8 heteroatoms. The first-order valence-electron chi connectivity index (χ1n) is 11.3. The van der Waals surface area contributed by atoms with E-state index in [0.717, 1.165) is 32.0 Å². The van der Waals surface area contributed by atoms with Gasteiger partial charge in [-0.25, -0.2) is 13.2 Å². The van der Waals surface area contributed by atoms with Crippen molar-refractivity contribution in [2.75, 3.05) is 32.7 Å². The number of hydrogen-bond acceptors (Lipinski definition) is 3. The molecule has 2 aromatic rings. The number of benzene rings is 2. The molecule has 2 aromatic carbocycles. The van der Waals surface area contributed by atoms with Crippen LogP contribution in [0.2, 0.25) is 0 Å². The Hall–Kier alpha value is -1.94. The van der Waals surface area contributed by atoms with E-state index in [9.17, 15) is 22.8 Å². The molecule has 0 radical (unpaired) electrons. The largest absolute Gasteiger partial charge is 0.338 e. The molecule has 0 bridgehead atoms. The maximum Gasteiger partial charge on any atom is 0.254 e. The van der Waals surface area contributed by atoms with Gasteiger partial charge in [0.2, 0.25) is 0 Å². The number of hydrogen-bond donors (Lipinski definition) is 0. The van der Waals surface area contributed by atoms with E-state index < -0.39 is 23.4 Å². The van der Waals surface area contributed by atoms with Gasteiger partial charge in [-0.1, -0.05) is 12.5 Å². The van der Waals surface area contributed by atoms with E-state index in [2.05, 4.69) is 4.90 Å². The second-order valence-electron chi connectivity index (χ2n) is 8.96. The van der Waals surface area contributed by atoms with Crippen LogP contribution in [0.15, 0.2) is 30.3 Å². The summed E-state index contributed by atoms with van der Waals surface area (Å²) < 4.78 is 43.6. The first kappa shape index (κ1) is 24.2. The van der Waals surface area contributed by atoms with E-state index in [1.165, 1.54) is 24.6 Å². The highest BCUT2D eigenvalue weighted by Crippen LogP contribution is 2.27. The molecule has 0 spiro atoms. The van der Waals surface area contributed by atoms with Gasteiger partial charge in [-0.2, -0.15) is 0 Å². The van der Waals surface area contributed by atoms with Gasteiger partial charge < -0.3 is 4.90 Å². The molecule has 2 aliphatic heterocycles. The van der Waals surface area contributed by atoms with Crippen molar-refractivity contribution < 1.29 is 22.8 Å². The summed E-state index contributed by atoms with van der Waals surface area (Å²) in [4.78, 5) is 29.1. The van der Waals surface area contributed by atoms with Crippen LogP contribution < -0.4 is 0 Å². The number of nitrogens with zero attached hydrogens (tertiary/aromatic N) is 2. The van der Waals surface area contributed by atoms with Crippen LogP contribution in [0.4, 0.5) is 13.2 Å². The highest BCUT2D eigenvalue weighted by Gasteiger charge is 2.34. The maximum absolute atomic E-state index is 14.7. The smallest absolute Gasteiger partial charge is 0.254 e. The summed E-state index contributed by atoms with van der Waals surface area (Å²) in [6.07, 6.45) is 3.66. The second kappa shape index (κ2) is 10.5. The number of amides is 1. The Kier molecular flexibility index (Phi) is 7.73. The quantitative estimate of drug-likeness (QED) is 0.449. The summed E-state index contributed by atoms with van der Waals surface area (Å²) in [7, 11) is 0. The Morgan fingerprint density at radius 3 is 2.39 bits per heavy atom. The number of Topliss-reactive ketones (excluding diaryl/α,β-unsaturated/α-hetero) is 1. The zero-order chi connectivity index (χ0) is 23.5. The van der Waals surface area contributed by atoms with Gasteiger partial charge in [-0.15, -0.1) is 0 Å². The van der Waals surface area contributed by atoms with Crippen LogP contribution in [0.5, 0.6) is 0 Å². The number of carbonyl (C=O) groups excluding carboxylic acids is 2. The van der Waals surface area contributed by atoms with Gasteiger partial charge in [-0.3, -0.25) is 14.5 Å². The Labute approximate surface area is 205 Å². The molecular weight excluding hydrogens is 544 g/mol. The second-order valence-corrected chi connectivity index (χ2v) is 10.2. The molecule has 2 heterocycles. The van der Waals surface area contributed by atoms with Gasteiger partial charge >= 0.3 is 0 Å². The molecule has 0 unspecified atom stereocenters. The van der Waals surface area contributed by atoms with Crippen LogP contribution in [0.1, 0.15) is 47.2 Å². The van der Waals surface area contributed by atoms with Gasteiger partial charge in [0, 0.05) is 46.5 Å². The lowest BCUT2D eigenvalue weighted by Crippen LogP contribution is -2.51. The Morgan fingerprint density at radius 2 is 1.70 bits per heavy atom. The van der Waals surface area contributed by atoms with Gasteiger partial charge in [0.25, 0.3) is 5.91 Å². The molecule has 0 saturated carbocycles. The molecule has 33 heavy (non-hydrogen) atoms. The third-order valence-electron chi connectivity index (χ3n) is 6.42. The minimum atomic E-state index is -1.13. The Morgan fingerprint density at radius 1 is 0.970 bits per heavy atom. The molecule has 0 aromatic heterocycles. The Balaban J connectivity index is 1.40. The standard InChI is InChI=1S/C25H26F3IN2O2/c26-22-7-6-20(21(24(22)28)11-17-4-5-18(29)12-23(17)27)25(33)31-13-16(14-31)10-19(32)15-30-8-2-1-3-9-30/h4-7,12,16H,1-3,8-11,13-15H2. The number of carbonyl (C=O) groups is 2. The molecule has 2 aliphatic rings. The van der Waals surface area contributed by atoms with E-state index in [0.29, 0.717) is 29.6 Å². The zero-order valence-corrected chi connectivity index (χ0v) is 20.4. The van der Waals surface area contributed by atoms with Crippen LogP contribution in [0.3, 0.4) is 0 Å². The molecule has 176 valence electrons. The van der Waals surface area contributed by atoms with E-state index >= 15 is 0 Å². The fourth-order valence-corrected chi connectivity index (χ4v) is 5.06. The molecule has 2 saturated heterocycles. The van der Waals surface area contributed by atoms with E-state index in [4.69, 9.17) is 0 Å². The first-order chi connectivity index (χ1) is 15.8. The van der Waals surface area contributed by atoms with Crippen molar-refractivity contribution >= 4 is 34.3 Å². The lowest BCUT2D eigenvalue weighted by molar-refractivity contribution is -0.122. The monoisotopic (exact) mass is 570 g/mol. The zero-order valence-electron chi connectivity index (χ0n) is 18.3. The third-order valence-corrected chi connectivity index (χ3v) is 7.09. The molecule has 2 fully saturated rings. The van der Waals surface area contributed by atoms with Gasteiger partial charge in [0.1, 0.15) is 11.6 Å². The Bertz CT molecular complexity index is 1050. The summed E-state index contributed by atoms with van der Waals surface area (Å²) in [5, 5.41) is 0. The lowest BCUT2D eigenvalue weighted by Gasteiger charge is -2.39. The number of likely N-dealkylation sites (tertiary alicyclic amines) is 2. The molecule has 0 aliphatic carbocycles. The topological polar surface area (TPSA) is 40.6 Å². The molecule has 4 rings (SSSR count).